The van der Waals surface area contributed by atoms with Gasteiger partial charge in [-0.2, -0.15) is 0 Å². The molecule has 0 saturated carbocycles. The van der Waals surface area contributed by atoms with E-state index in [4.69, 9.17) is 0 Å². The summed E-state index contributed by atoms with van der Waals surface area (Å²) < 4.78 is 0.958. The molecule has 20 heavy (non-hydrogen) atoms. The third kappa shape index (κ3) is 1.99. The molecule has 102 valence electrons. The van der Waals surface area contributed by atoms with E-state index in [9.17, 15) is 0 Å². The lowest BCUT2D eigenvalue weighted by Crippen LogP contribution is -2.45. The molecule has 0 bridgehead atoms. The second-order valence-corrected chi connectivity index (χ2v) is 5.46. The SMILES string of the molecule is CC[N+]1(CC)C=CC(c2ccccc2)c2ccccc21. The number of hydrogen-bond donors (Lipinski definition) is 0. The Morgan fingerprint density at radius 3 is 2.20 bits per heavy atom. The number of benzene rings is 2. The molecule has 1 nitrogen and oxygen atoms in total. The van der Waals surface area contributed by atoms with Gasteiger partial charge in [-0.15, -0.1) is 0 Å². The average Bonchev–Trinajstić information content (AvgIpc) is 2.55. The molecule has 0 fully saturated rings. The molecule has 0 aliphatic carbocycles. The van der Waals surface area contributed by atoms with Gasteiger partial charge < -0.3 is 0 Å². The fourth-order valence-corrected chi connectivity index (χ4v) is 3.32. The second kappa shape index (κ2) is 5.26. The van der Waals surface area contributed by atoms with Gasteiger partial charge in [0.2, 0.25) is 0 Å². The van der Waals surface area contributed by atoms with Crippen LogP contribution in [-0.4, -0.2) is 13.1 Å². The van der Waals surface area contributed by atoms with Crippen LogP contribution in [0.15, 0.2) is 66.9 Å². The van der Waals surface area contributed by atoms with E-state index in [1.165, 1.54) is 16.8 Å². The zero-order valence-electron chi connectivity index (χ0n) is 12.3. The molecule has 1 heterocycles. The molecule has 0 aromatic heterocycles. The summed E-state index contributed by atoms with van der Waals surface area (Å²) in [6, 6.07) is 19.7. The van der Waals surface area contributed by atoms with Crippen molar-refractivity contribution in [1.29, 1.82) is 0 Å². The average molecular weight is 264 g/mol. The van der Waals surface area contributed by atoms with Crippen molar-refractivity contribution in [2.24, 2.45) is 0 Å². The van der Waals surface area contributed by atoms with Gasteiger partial charge in [0.1, 0.15) is 5.69 Å². The maximum Gasteiger partial charge on any atom is 0.141 e. The number of quaternary nitrogens is 1. The maximum absolute atomic E-state index is 2.39. The fraction of sp³-hybridized carbons (Fsp3) is 0.263. The summed E-state index contributed by atoms with van der Waals surface area (Å²) >= 11 is 0. The summed E-state index contributed by atoms with van der Waals surface area (Å²) in [6.07, 6.45) is 4.77. The molecule has 3 rings (SSSR count). The van der Waals surface area contributed by atoms with Crippen molar-refractivity contribution < 1.29 is 0 Å². The zero-order chi connectivity index (χ0) is 14.0. The fourth-order valence-electron chi connectivity index (χ4n) is 3.32. The lowest BCUT2D eigenvalue weighted by atomic mass is 9.87. The van der Waals surface area contributed by atoms with Crippen LogP contribution in [0, 0.1) is 0 Å². The Labute approximate surface area is 121 Å². The summed E-state index contributed by atoms with van der Waals surface area (Å²) in [6.45, 7) is 6.75. The Morgan fingerprint density at radius 1 is 0.850 bits per heavy atom. The van der Waals surface area contributed by atoms with Crippen LogP contribution in [0.5, 0.6) is 0 Å². The van der Waals surface area contributed by atoms with Crippen LogP contribution in [0.3, 0.4) is 0 Å². The van der Waals surface area contributed by atoms with Gasteiger partial charge in [0.15, 0.2) is 0 Å². The van der Waals surface area contributed by atoms with Gasteiger partial charge in [0.05, 0.1) is 19.3 Å². The molecule has 1 aliphatic heterocycles. The van der Waals surface area contributed by atoms with Gasteiger partial charge in [0.25, 0.3) is 0 Å². The van der Waals surface area contributed by atoms with Crippen molar-refractivity contribution in [3.8, 4) is 0 Å². The van der Waals surface area contributed by atoms with Crippen LogP contribution in [0.2, 0.25) is 0 Å². The lowest BCUT2D eigenvalue weighted by molar-refractivity contribution is 0.396. The first-order valence-corrected chi connectivity index (χ1v) is 7.51. The largest absolute Gasteiger partial charge is 0.265 e. The molecule has 0 spiro atoms. The van der Waals surface area contributed by atoms with Crippen molar-refractivity contribution >= 4 is 5.69 Å². The maximum atomic E-state index is 2.39. The quantitative estimate of drug-likeness (QED) is 0.705. The topological polar surface area (TPSA) is 0 Å². The Hall–Kier alpha value is -1.86. The molecule has 1 heteroatoms. The first-order chi connectivity index (χ1) is 9.80. The van der Waals surface area contributed by atoms with Gasteiger partial charge >= 0.3 is 0 Å². The predicted molar refractivity (Wildman–Crippen MR) is 86.7 cm³/mol. The standard InChI is InChI=1S/C19H22N/c1-3-20(4-2)15-14-17(16-10-6-5-7-11-16)18-12-8-9-13-19(18)20/h5-15,17H,3-4H2,1-2H3/q+1. The first-order valence-electron chi connectivity index (χ1n) is 7.51. The molecule has 2 aromatic carbocycles. The molecule has 0 saturated heterocycles. The summed E-state index contributed by atoms with van der Waals surface area (Å²) in [7, 11) is 0. The van der Waals surface area contributed by atoms with Gasteiger partial charge in [-0.05, 0) is 31.6 Å². The minimum absolute atomic E-state index is 0.386. The van der Waals surface area contributed by atoms with Crippen LogP contribution in [-0.2, 0) is 0 Å². The van der Waals surface area contributed by atoms with E-state index in [0.717, 1.165) is 17.6 Å². The minimum Gasteiger partial charge on any atom is -0.265 e. The Kier molecular flexibility index (Phi) is 3.45. The number of allylic oxidation sites excluding steroid dienone is 1. The molecule has 0 radical (unpaired) electrons. The highest BCUT2D eigenvalue weighted by Gasteiger charge is 2.33. The Balaban J connectivity index is 2.15. The van der Waals surface area contributed by atoms with Crippen LogP contribution >= 0.6 is 0 Å². The Morgan fingerprint density at radius 2 is 1.50 bits per heavy atom. The Bertz CT molecular complexity index is 609. The van der Waals surface area contributed by atoms with E-state index in [0.29, 0.717) is 5.92 Å². The van der Waals surface area contributed by atoms with Crippen molar-refractivity contribution in [2.45, 2.75) is 19.8 Å². The van der Waals surface area contributed by atoms with Crippen LogP contribution in [0.4, 0.5) is 5.69 Å². The summed E-state index contributed by atoms with van der Waals surface area (Å²) in [5.74, 6) is 0.386. The molecule has 0 amide bonds. The van der Waals surface area contributed by atoms with E-state index in [1.54, 1.807) is 0 Å². The predicted octanol–water partition coefficient (Wildman–Crippen LogP) is 4.69. The first kappa shape index (κ1) is 13.1. The highest BCUT2D eigenvalue weighted by Crippen LogP contribution is 2.40. The molecule has 1 aliphatic rings. The number of para-hydroxylation sites is 1. The summed E-state index contributed by atoms with van der Waals surface area (Å²) in [5.41, 5.74) is 4.28. The third-order valence-corrected chi connectivity index (χ3v) is 4.60. The van der Waals surface area contributed by atoms with Crippen molar-refractivity contribution in [3.63, 3.8) is 0 Å². The van der Waals surface area contributed by atoms with E-state index in [1.807, 2.05) is 0 Å². The molecule has 1 unspecified atom stereocenters. The van der Waals surface area contributed by atoms with E-state index < -0.39 is 0 Å². The van der Waals surface area contributed by atoms with Crippen LogP contribution < -0.4 is 4.48 Å². The third-order valence-electron chi connectivity index (χ3n) is 4.60. The highest BCUT2D eigenvalue weighted by molar-refractivity contribution is 5.60. The number of fused-ring (bicyclic) bond motifs is 1. The number of rotatable bonds is 3. The van der Waals surface area contributed by atoms with Gasteiger partial charge in [0, 0.05) is 11.5 Å². The summed E-state index contributed by atoms with van der Waals surface area (Å²) in [5, 5.41) is 0. The molecule has 1 atom stereocenters. The van der Waals surface area contributed by atoms with E-state index in [2.05, 4.69) is 80.7 Å². The second-order valence-electron chi connectivity index (χ2n) is 5.46. The molecular weight excluding hydrogens is 242 g/mol. The number of nitrogens with zero attached hydrogens (tertiary/aromatic N) is 1. The zero-order valence-corrected chi connectivity index (χ0v) is 12.3. The monoisotopic (exact) mass is 264 g/mol. The lowest BCUT2D eigenvalue weighted by Gasteiger charge is -2.38. The van der Waals surface area contributed by atoms with Gasteiger partial charge in [-0.25, -0.2) is 0 Å². The molecule has 0 N–H and O–H groups in total. The minimum atomic E-state index is 0.386. The van der Waals surface area contributed by atoms with Crippen LogP contribution in [0.25, 0.3) is 0 Å². The normalized spacial score (nSPS) is 19.6. The van der Waals surface area contributed by atoms with E-state index in [-0.39, 0.29) is 0 Å². The molecule has 2 aromatic rings. The van der Waals surface area contributed by atoms with Crippen molar-refractivity contribution in [2.75, 3.05) is 13.1 Å². The highest BCUT2D eigenvalue weighted by atomic mass is 15.3. The van der Waals surface area contributed by atoms with Crippen LogP contribution in [0.1, 0.15) is 30.9 Å². The van der Waals surface area contributed by atoms with E-state index >= 15 is 0 Å². The summed E-state index contributed by atoms with van der Waals surface area (Å²) in [4.78, 5) is 0. The van der Waals surface area contributed by atoms with Crippen molar-refractivity contribution in [1.82, 2.24) is 4.48 Å². The van der Waals surface area contributed by atoms with Gasteiger partial charge in [-0.3, -0.25) is 4.48 Å². The smallest absolute Gasteiger partial charge is 0.141 e. The van der Waals surface area contributed by atoms with Gasteiger partial charge in [-0.1, -0.05) is 48.5 Å². The van der Waals surface area contributed by atoms with Crippen molar-refractivity contribution in [3.05, 3.63) is 78.0 Å². The molecular formula is C19H22N+. The number of hydrogen-bond acceptors (Lipinski definition) is 0.